The molecule has 22 heteroatoms. The molecule has 8 aliphatic rings. The molecule has 1 saturated heterocycles. The third kappa shape index (κ3) is 22.8. The minimum atomic E-state index is -0.905. The fraction of sp³-hybridized carbons (Fsp3) is 0.485. The summed E-state index contributed by atoms with van der Waals surface area (Å²) < 4.78 is 16.2. The van der Waals surface area contributed by atoms with Gasteiger partial charge in [-0.1, -0.05) is 48.5 Å². The van der Waals surface area contributed by atoms with E-state index >= 15 is 0 Å². The molecule has 474 valence electrons. The van der Waals surface area contributed by atoms with Gasteiger partial charge in [-0.3, -0.25) is 28.8 Å². The van der Waals surface area contributed by atoms with Crippen molar-refractivity contribution >= 4 is 82.4 Å². The van der Waals surface area contributed by atoms with E-state index in [1.54, 1.807) is 81.9 Å². The van der Waals surface area contributed by atoms with E-state index < -0.39 is 65.2 Å². The fourth-order valence-electron chi connectivity index (χ4n) is 9.63. The van der Waals surface area contributed by atoms with Crippen LogP contribution in [-0.2, 0) is 65.5 Å². The molecule has 9 amide bonds. The van der Waals surface area contributed by atoms with Gasteiger partial charge in [0.1, 0.15) is 16.8 Å². The van der Waals surface area contributed by atoms with Crippen molar-refractivity contribution in [3.8, 4) is 0 Å². The quantitative estimate of drug-likeness (QED) is 0.0832. The molecule has 88 heavy (non-hydrogen) atoms. The van der Waals surface area contributed by atoms with Crippen LogP contribution in [-0.4, -0.2) is 127 Å². The maximum Gasteiger partial charge on any atom is 0.407 e. The van der Waals surface area contributed by atoms with Crippen LogP contribution in [0.1, 0.15) is 155 Å². The number of nitrogens with zero attached hydrogens (tertiary/aromatic N) is 5. The van der Waals surface area contributed by atoms with Gasteiger partial charge in [0.05, 0.1) is 6.42 Å². The van der Waals surface area contributed by atoms with Crippen molar-refractivity contribution in [3.63, 3.8) is 0 Å². The molecule has 0 atom stereocenters. The van der Waals surface area contributed by atoms with E-state index in [0.717, 1.165) is 22.3 Å². The first-order valence-electron chi connectivity index (χ1n) is 30.1. The number of ether oxygens (including phenoxy) is 3. The SMILES string of the molecule is CC(C)(C)OC(=O)NCCC(=O)N1CCCCN(C(=O)CCNC(=O)OC(C)(C)C)c2ccc(cc2)Cc2ccc(cc2)N(C(=O)CCC(=O)ON2C(=O)CCC2=O)CCCCN(C(=O)CCNC(=O)OC(C)(C)C)c2ccc(cc2)Cc2ccc1cc2. The Labute approximate surface area is 515 Å². The summed E-state index contributed by atoms with van der Waals surface area (Å²) >= 11 is 0. The second-order valence-corrected chi connectivity index (χ2v) is 24.7. The van der Waals surface area contributed by atoms with E-state index in [1.807, 2.05) is 97.1 Å². The Kier molecular flexibility index (Phi) is 24.6. The Bertz CT molecular complexity index is 3060. The normalized spacial score (nSPS) is 14.8. The zero-order valence-corrected chi connectivity index (χ0v) is 52.3. The van der Waals surface area contributed by atoms with Crippen molar-refractivity contribution in [2.45, 2.75) is 163 Å². The molecule has 1 fully saturated rings. The monoisotopic (exact) mass is 1210 g/mol. The van der Waals surface area contributed by atoms with Gasteiger partial charge in [0.25, 0.3) is 11.8 Å². The summed E-state index contributed by atoms with van der Waals surface area (Å²) in [6.45, 7) is 16.9. The first kappa shape index (κ1) is 68.3. The lowest BCUT2D eigenvalue weighted by Crippen LogP contribution is -2.38. The van der Waals surface area contributed by atoms with Crippen LogP contribution < -0.4 is 35.6 Å². The van der Waals surface area contributed by atoms with Crippen LogP contribution in [0.2, 0.25) is 0 Å². The molecule has 3 N–H and O–H groups in total. The highest BCUT2D eigenvalue weighted by atomic mass is 16.7. The Balaban J connectivity index is 1.29. The standard InChI is InChI=1S/C66H86N8O14/c1-64(2,3)85-61(82)67-37-34-55(76)71-41-11-10-40-70(54(75)32-33-60(81)88-74-58(79)30-31-59(74)80)50-22-14-46(15-23-50)44-47-16-26-52(27-17-47)72(56(77)35-38-68-62(83)86-65(4,5)6)42-12-13-43-73(57(78)36-39-69-63(84)87-66(7,8)9)53-28-20-49(21-29-53)45-48-18-24-51(71)25-19-48/h14-29H,10-13,30-45H2,1-9H3,(H,67,82)(H,68,83)(H,69,84). The van der Waals surface area contributed by atoms with E-state index in [0.29, 0.717) is 72.9 Å². The van der Waals surface area contributed by atoms with Crippen LogP contribution in [0.25, 0.3) is 0 Å². The molecule has 4 aromatic rings. The molecule has 0 aliphatic carbocycles. The number of anilines is 4. The average Bonchev–Trinajstić information content (AvgIpc) is 3.62. The average molecular weight is 1220 g/mol. The Morgan fingerprint density at radius 1 is 0.375 bits per heavy atom. The molecule has 8 heterocycles. The molecule has 0 aromatic heterocycles. The lowest BCUT2D eigenvalue weighted by atomic mass is 10.0. The van der Waals surface area contributed by atoms with E-state index in [-0.39, 0.29) is 95.5 Å². The van der Waals surface area contributed by atoms with Crippen LogP contribution in [0, 0.1) is 0 Å². The zero-order valence-electron chi connectivity index (χ0n) is 52.3. The highest BCUT2D eigenvalue weighted by Gasteiger charge is 2.33. The second kappa shape index (κ2) is 31.7. The molecule has 0 spiro atoms. The van der Waals surface area contributed by atoms with Gasteiger partial charge in [-0.25, -0.2) is 19.2 Å². The molecule has 0 saturated carbocycles. The minimum absolute atomic E-state index is 0.00741. The highest BCUT2D eigenvalue weighted by Crippen LogP contribution is 2.26. The largest absolute Gasteiger partial charge is 0.444 e. The third-order valence-corrected chi connectivity index (χ3v) is 13.8. The number of hydroxylamine groups is 2. The zero-order chi connectivity index (χ0) is 64.2. The van der Waals surface area contributed by atoms with Gasteiger partial charge in [0, 0.05) is 107 Å². The summed E-state index contributed by atoms with van der Waals surface area (Å²) in [6.07, 6.45) is 0.0238. The summed E-state index contributed by atoms with van der Waals surface area (Å²) in [4.78, 5) is 143. The number of nitrogens with one attached hydrogen (secondary N) is 3. The molecule has 0 radical (unpaired) electrons. The topological polar surface area (TPSA) is 260 Å². The van der Waals surface area contributed by atoms with Gasteiger partial charge in [-0.15, -0.1) is 5.06 Å². The number of alkyl carbamates (subject to hydrolysis) is 3. The van der Waals surface area contributed by atoms with Crippen molar-refractivity contribution in [1.29, 1.82) is 0 Å². The maximum absolute atomic E-state index is 14.1. The molecule has 0 unspecified atom stereocenters. The lowest BCUT2D eigenvalue weighted by Gasteiger charge is -2.26. The van der Waals surface area contributed by atoms with E-state index in [1.165, 1.54) is 0 Å². The molecule has 12 rings (SSSR count). The van der Waals surface area contributed by atoms with Gasteiger partial charge >= 0.3 is 24.2 Å². The maximum atomic E-state index is 14.1. The van der Waals surface area contributed by atoms with Crippen LogP contribution in [0.15, 0.2) is 97.1 Å². The second-order valence-electron chi connectivity index (χ2n) is 24.7. The number of carbonyl (C=O) groups excluding carboxylic acids is 10. The van der Waals surface area contributed by atoms with Crippen molar-refractivity contribution in [3.05, 3.63) is 119 Å². The van der Waals surface area contributed by atoms with Crippen LogP contribution in [0.5, 0.6) is 0 Å². The highest BCUT2D eigenvalue weighted by molar-refractivity contribution is 6.02. The number of hydrogen-bond acceptors (Lipinski definition) is 14. The summed E-state index contributed by atoms with van der Waals surface area (Å²) in [5.41, 5.74) is 3.97. The Morgan fingerprint density at radius 2 is 0.625 bits per heavy atom. The number of rotatable bonds is 13. The third-order valence-electron chi connectivity index (χ3n) is 13.8. The summed E-state index contributed by atoms with van der Waals surface area (Å²) in [7, 11) is 0. The van der Waals surface area contributed by atoms with Crippen molar-refractivity contribution in [2.75, 3.05) is 65.4 Å². The predicted octanol–water partition coefficient (Wildman–Crippen LogP) is 9.61. The molecule has 8 aliphatic heterocycles. The number of carbonyl (C=O) groups is 10. The van der Waals surface area contributed by atoms with Crippen molar-refractivity contribution in [1.82, 2.24) is 21.0 Å². The summed E-state index contributed by atoms with van der Waals surface area (Å²) in [6, 6.07) is 30.2. The number of imide groups is 1. The lowest BCUT2D eigenvalue weighted by molar-refractivity contribution is -0.197. The molecule has 8 bridgehead atoms. The van der Waals surface area contributed by atoms with E-state index in [9.17, 15) is 47.9 Å². The molecular formula is C66H86N8O14. The Hall–Kier alpha value is -8.82. The van der Waals surface area contributed by atoms with Gasteiger partial charge < -0.3 is 54.6 Å². The van der Waals surface area contributed by atoms with Crippen LogP contribution in [0.4, 0.5) is 37.1 Å². The smallest absolute Gasteiger partial charge is 0.407 e. The molecule has 22 nitrogen and oxygen atoms in total. The van der Waals surface area contributed by atoms with Gasteiger partial charge in [-0.2, -0.15) is 0 Å². The number of hydrogen-bond donors (Lipinski definition) is 3. The number of amides is 9. The fourth-order valence-corrected chi connectivity index (χ4v) is 9.63. The van der Waals surface area contributed by atoms with Crippen molar-refractivity contribution in [2.24, 2.45) is 0 Å². The Morgan fingerprint density at radius 3 is 0.875 bits per heavy atom. The number of benzene rings is 4. The summed E-state index contributed by atoms with van der Waals surface area (Å²) in [5.74, 6) is -3.30. The summed E-state index contributed by atoms with van der Waals surface area (Å²) in [5, 5.41) is 8.48. The van der Waals surface area contributed by atoms with E-state index in [2.05, 4.69) is 16.0 Å². The van der Waals surface area contributed by atoms with Gasteiger partial charge in [0.2, 0.25) is 23.6 Å². The van der Waals surface area contributed by atoms with E-state index in [4.69, 9.17) is 19.0 Å². The van der Waals surface area contributed by atoms with Crippen LogP contribution in [0.3, 0.4) is 0 Å². The molecular weight excluding hydrogens is 1130 g/mol. The van der Waals surface area contributed by atoms with Crippen molar-refractivity contribution < 1.29 is 67.0 Å². The first-order chi connectivity index (χ1) is 41.6. The minimum Gasteiger partial charge on any atom is -0.444 e. The van der Waals surface area contributed by atoms with Gasteiger partial charge in [-0.05, 0) is 172 Å². The first-order valence-corrected chi connectivity index (χ1v) is 30.1. The van der Waals surface area contributed by atoms with Gasteiger partial charge in [0.15, 0.2) is 0 Å². The van der Waals surface area contributed by atoms with Crippen LogP contribution >= 0.6 is 0 Å². The molecule has 4 aromatic carbocycles. The predicted molar refractivity (Wildman–Crippen MR) is 332 cm³/mol.